The van der Waals surface area contributed by atoms with E-state index in [1.165, 1.54) is 32.1 Å². The van der Waals surface area contributed by atoms with Crippen LogP contribution in [-0.2, 0) is 0 Å². The lowest BCUT2D eigenvalue weighted by Gasteiger charge is -2.36. The summed E-state index contributed by atoms with van der Waals surface area (Å²) in [5, 5.41) is 3.65. The van der Waals surface area contributed by atoms with E-state index in [4.69, 9.17) is 5.73 Å². The predicted octanol–water partition coefficient (Wildman–Crippen LogP) is 1.17. The third-order valence-corrected chi connectivity index (χ3v) is 2.92. The van der Waals surface area contributed by atoms with Gasteiger partial charge in [0.15, 0.2) is 0 Å². The van der Waals surface area contributed by atoms with Gasteiger partial charge in [-0.3, -0.25) is 0 Å². The predicted molar refractivity (Wildman–Crippen MR) is 50.9 cm³/mol. The van der Waals surface area contributed by atoms with Crippen LogP contribution in [0.3, 0.4) is 0 Å². The van der Waals surface area contributed by atoms with E-state index in [0.717, 1.165) is 12.1 Å². The molecule has 2 nitrogen and oxygen atoms in total. The molecule has 0 saturated heterocycles. The first kappa shape index (κ1) is 8.27. The van der Waals surface area contributed by atoms with Gasteiger partial charge < -0.3 is 11.1 Å². The summed E-state index contributed by atoms with van der Waals surface area (Å²) in [6, 6.07) is 1.92. The lowest BCUT2D eigenvalue weighted by atomic mass is 9.86. The van der Waals surface area contributed by atoms with Crippen molar-refractivity contribution in [3.8, 4) is 0 Å². The first-order chi connectivity index (χ1) is 5.84. The molecule has 0 spiro atoms. The molecule has 1 saturated carbocycles. The third-order valence-electron chi connectivity index (χ3n) is 2.92. The van der Waals surface area contributed by atoms with Gasteiger partial charge in [-0.1, -0.05) is 12.2 Å². The number of nitrogens with two attached hydrogens (primary N) is 1. The molecule has 3 N–H and O–H groups in total. The Hall–Kier alpha value is -0.340. The summed E-state index contributed by atoms with van der Waals surface area (Å²) in [4.78, 5) is 0. The Morgan fingerprint density at radius 1 is 1.17 bits per heavy atom. The minimum absolute atomic E-state index is 0.474. The number of rotatable bonds is 2. The zero-order valence-corrected chi connectivity index (χ0v) is 7.50. The molecule has 2 heteroatoms. The zero-order chi connectivity index (χ0) is 8.39. The van der Waals surface area contributed by atoms with E-state index < -0.39 is 0 Å². The maximum atomic E-state index is 5.72. The molecule has 0 aromatic heterocycles. The molecule has 68 valence electrons. The van der Waals surface area contributed by atoms with Gasteiger partial charge in [0, 0.05) is 18.1 Å². The second kappa shape index (κ2) is 3.58. The van der Waals surface area contributed by atoms with Crippen molar-refractivity contribution in [2.24, 2.45) is 5.73 Å². The van der Waals surface area contributed by atoms with Crippen molar-refractivity contribution in [2.75, 3.05) is 0 Å². The Bertz CT molecular complexity index is 171. The Balaban J connectivity index is 1.69. The molecule has 0 bridgehead atoms. The monoisotopic (exact) mass is 166 g/mol. The molecular weight excluding hydrogens is 148 g/mol. The summed E-state index contributed by atoms with van der Waals surface area (Å²) in [5.41, 5.74) is 5.72. The lowest BCUT2D eigenvalue weighted by molar-refractivity contribution is 0.259. The fourth-order valence-electron chi connectivity index (χ4n) is 2.08. The van der Waals surface area contributed by atoms with Crippen molar-refractivity contribution in [1.82, 2.24) is 5.32 Å². The average Bonchev–Trinajstić information content (AvgIpc) is 2.04. The number of allylic oxidation sites excluding steroid dienone is 1. The smallest absolute Gasteiger partial charge is 0.0107 e. The number of hydrogen-bond donors (Lipinski definition) is 2. The van der Waals surface area contributed by atoms with Gasteiger partial charge in [0.05, 0.1) is 0 Å². The van der Waals surface area contributed by atoms with Crippen LogP contribution < -0.4 is 11.1 Å². The van der Waals surface area contributed by atoms with Crippen LogP contribution in [0.5, 0.6) is 0 Å². The molecule has 0 heterocycles. The third kappa shape index (κ3) is 1.87. The highest BCUT2D eigenvalue weighted by Gasteiger charge is 2.27. The molecule has 0 amide bonds. The molecule has 2 aliphatic carbocycles. The molecule has 0 aliphatic heterocycles. The summed E-state index contributed by atoms with van der Waals surface area (Å²) < 4.78 is 0. The second-order valence-corrected chi connectivity index (χ2v) is 4.08. The van der Waals surface area contributed by atoms with Crippen molar-refractivity contribution >= 4 is 0 Å². The van der Waals surface area contributed by atoms with Gasteiger partial charge in [0.1, 0.15) is 0 Å². The summed E-state index contributed by atoms with van der Waals surface area (Å²) in [5.74, 6) is 0. The van der Waals surface area contributed by atoms with E-state index in [-0.39, 0.29) is 0 Å². The summed E-state index contributed by atoms with van der Waals surface area (Å²) in [6.45, 7) is 0. The van der Waals surface area contributed by atoms with E-state index in [2.05, 4.69) is 17.5 Å². The topological polar surface area (TPSA) is 38.0 Å². The van der Waals surface area contributed by atoms with Crippen LogP contribution in [-0.4, -0.2) is 18.1 Å². The van der Waals surface area contributed by atoms with Gasteiger partial charge in [-0.15, -0.1) is 0 Å². The van der Waals surface area contributed by atoms with Gasteiger partial charge in [-0.25, -0.2) is 0 Å². The largest absolute Gasteiger partial charge is 0.328 e. The quantitative estimate of drug-likeness (QED) is 0.604. The number of nitrogens with one attached hydrogen (secondary N) is 1. The van der Waals surface area contributed by atoms with Crippen molar-refractivity contribution in [2.45, 2.75) is 50.2 Å². The van der Waals surface area contributed by atoms with Gasteiger partial charge in [-0.2, -0.15) is 0 Å². The van der Waals surface area contributed by atoms with Crippen molar-refractivity contribution in [1.29, 1.82) is 0 Å². The number of hydrogen-bond acceptors (Lipinski definition) is 2. The van der Waals surface area contributed by atoms with E-state index in [0.29, 0.717) is 6.04 Å². The Kier molecular flexibility index (Phi) is 2.47. The molecule has 1 fully saturated rings. The fourth-order valence-corrected chi connectivity index (χ4v) is 2.08. The molecule has 0 aromatic rings. The van der Waals surface area contributed by atoms with E-state index in [1.807, 2.05) is 0 Å². The summed E-state index contributed by atoms with van der Waals surface area (Å²) in [6.07, 6.45) is 10.7. The molecule has 2 aliphatic rings. The SMILES string of the molecule is NC1CC(NC2CC=CCC2)C1. The molecule has 2 rings (SSSR count). The molecule has 0 aromatic carbocycles. The highest BCUT2D eigenvalue weighted by atomic mass is 15.0. The van der Waals surface area contributed by atoms with Crippen molar-refractivity contribution in [3.63, 3.8) is 0 Å². The van der Waals surface area contributed by atoms with Gasteiger partial charge in [0.2, 0.25) is 0 Å². The summed E-state index contributed by atoms with van der Waals surface area (Å²) >= 11 is 0. The second-order valence-electron chi connectivity index (χ2n) is 4.08. The molecule has 1 atom stereocenters. The molecular formula is C10H18N2. The minimum Gasteiger partial charge on any atom is -0.328 e. The lowest BCUT2D eigenvalue weighted by Crippen LogP contribution is -2.51. The van der Waals surface area contributed by atoms with Crippen LogP contribution in [0.15, 0.2) is 12.2 Å². The Labute approximate surface area is 74.2 Å². The first-order valence-corrected chi connectivity index (χ1v) is 5.01. The highest BCUT2D eigenvalue weighted by Crippen LogP contribution is 2.20. The first-order valence-electron chi connectivity index (χ1n) is 5.01. The Morgan fingerprint density at radius 3 is 2.58 bits per heavy atom. The van der Waals surface area contributed by atoms with Crippen LogP contribution >= 0.6 is 0 Å². The minimum atomic E-state index is 0.474. The van der Waals surface area contributed by atoms with Gasteiger partial charge in [0.25, 0.3) is 0 Å². The molecule has 0 radical (unpaired) electrons. The molecule has 1 unspecified atom stereocenters. The Morgan fingerprint density at radius 2 is 2.00 bits per heavy atom. The normalized spacial score (nSPS) is 40.9. The highest BCUT2D eigenvalue weighted by molar-refractivity contribution is 4.96. The van der Waals surface area contributed by atoms with Crippen LogP contribution in [0, 0.1) is 0 Å². The van der Waals surface area contributed by atoms with Crippen LogP contribution in [0.4, 0.5) is 0 Å². The van der Waals surface area contributed by atoms with Crippen molar-refractivity contribution in [3.05, 3.63) is 12.2 Å². The fraction of sp³-hybridized carbons (Fsp3) is 0.800. The van der Waals surface area contributed by atoms with Crippen molar-refractivity contribution < 1.29 is 0 Å². The summed E-state index contributed by atoms with van der Waals surface area (Å²) in [7, 11) is 0. The molecule has 12 heavy (non-hydrogen) atoms. The van der Waals surface area contributed by atoms with E-state index in [1.54, 1.807) is 0 Å². The van der Waals surface area contributed by atoms with Crippen LogP contribution in [0.25, 0.3) is 0 Å². The maximum Gasteiger partial charge on any atom is 0.0107 e. The van der Waals surface area contributed by atoms with Crippen LogP contribution in [0.2, 0.25) is 0 Å². The maximum absolute atomic E-state index is 5.72. The van der Waals surface area contributed by atoms with Gasteiger partial charge >= 0.3 is 0 Å². The van der Waals surface area contributed by atoms with Crippen LogP contribution in [0.1, 0.15) is 32.1 Å². The average molecular weight is 166 g/mol. The standard InChI is InChI=1S/C10H18N2/c11-8-6-10(7-8)12-9-4-2-1-3-5-9/h1-2,8-10,12H,3-7,11H2. The van der Waals surface area contributed by atoms with E-state index in [9.17, 15) is 0 Å². The zero-order valence-electron chi connectivity index (χ0n) is 7.50. The van der Waals surface area contributed by atoms with E-state index >= 15 is 0 Å². The van der Waals surface area contributed by atoms with Gasteiger partial charge in [-0.05, 0) is 32.1 Å².